The van der Waals surface area contributed by atoms with Crippen molar-refractivity contribution in [2.75, 3.05) is 0 Å². The highest BCUT2D eigenvalue weighted by Crippen LogP contribution is 2.40. The van der Waals surface area contributed by atoms with Gasteiger partial charge in [0.2, 0.25) is 0 Å². The molecule has 3 aromatic rings. The standard InChI is InChI=1S/C23H23Cl2NO4/c1-12-20(16(22(29)30)11-23(2,3)4)15-10-14(27)6-8-19(15)26(12)21(28)13-5-7-17(24)18(25)9-13/h5-10,16,27H,11H2,1-4H3,(H,29,30). The summed E-state index contributed by atoms with van der Waals surface area (Å²) in [6.45, 7) is 7.63. The fourth-order valence-corrected chi connectivity index (χ4v) is 4.11. The van der Waals surface area contributed by atoms with Crippen LogP contribution in [0.2, 0.25) is 10.0 Å². The van der Waals surface area contributed by atoms with Crippen LogP contribution >= 0.6 is 23.2 Å². The van der Waals surface area contributed by atoms with Gasteiger partial charge in [-0.15, -0.1) is 0 Å². The monoisotopic (exact) mass is 447 g/mol. The van der Waals surface area contributed by atoms with Crippen molar-refractivity contribution in [3.05, 3.63) is 63.3 Å². The van der Waals surface area contributed by atoms with E-state index in [9.17, 15) is 19.8 Å². The molecule has 158 valence electrons. The minimum Gasteiger partial charge on any atom is -0.508 e. The molecule has 0 saturated heterocycles. The first-order chi connectivity index (χ1) is 13.9. The third kappa shape index (κ3) is 4.18. The van der Waals surface area contributed by atoms with Crippen molar-refractivity contribution >= 4 is 46.0 Å². The number of benzene rings is 2. The molecule has 2 N–H and O–H groups in total. The number of aromatic hydroxyl groups is 1. The average Bonchev–Trinajstić information content (AvgIpc) is 2.91. The fraction of sp³-hybridized carbons (Fsp3) is 0.304. The van der Waals surface area contributed by atoms with Crippen LogP contribution in [0.5, 0.6) is 5.75 Å². The van der Waals surface area contributed by atoms with Gasteiger partial charge in [0, 0.05) is 16.6 Å². The number of hydrogen-bond donors (Lipinski definition) is 2. The van der Waals surface area contributed by atoms with E-state index in [0.29, 0.717) is 39.2 Å². The number of rotatable bonds is 4. The Bertz CT molecular complexity index is 1160. The molecular weight excluding hydrogens is 425 g/mol. The molecule has 0 fully saturated rings. The third-order valence-electron chi connectivity index (χ3n) is 5.07. The topological polar surface area (TPSA) is 79.5 Å². The predicted molar refractivity (Wildman–Crippen MR) is 119 cm³/mol. The summed E-state index contributed by atoms with van der Waals surface area (Å²) in [6, 6.07) is 9.21. The van der Waals surface area contributed by atoms with Crippen LogP contribution in [0, 0.1) is 12.3 Å². The van der Waals surface area contributed by atoms with Crippen LogP contribution in [0.4, 0.5) is 0 Å². The van der Waals surface area contributed by atoms with E-state index in [1.807, 2.05) is 20.8 Å². The second-order valence-corrected chi connectivity index (χ2v) is 9.44. The smallest absolute Gasteiger partial charge is 0.311 e. The molecule has 1 heterocycles. The molecular formula is C23H23Cl2NO4. The Balaban J connectivity index is 2.29. The largest absolute Gasteiger partial charge is 0.508 e. The second kappa shape index (κ2) is 7.97. The Kier molecular flexibility index (Phi) is 5.89. The van der Waals surface area contributed by atoms with Crippen molar-refractivity contribution in [2.24, 2.45) is 5.41 Å². The summed E-state index contributed by atoms with van der Waals surface area (Å²) in [6.07, 6.45) is 0.374. The summed E-state index contributed by atoms with van der Waals surface area (Å²) in [4.78, 5) is 25.6. The van der Waals surface area contributed by atoms with E-state index in [1.165, 1.54) is 22.8 Å². The lowest BCUT2D eigenvalue weighted by Crippen LogP contribution is -2.20. The molecule has 0 saturated carbocycles. The molecule has 30 heavy (non-hydrogen) atoms. The summed E-state index contributed by atoms with van der Waals surface area (Å²) in [7, 11) is 0. The summed E-state index contributed by atoms with van der Waals surface area (Å²) in [5, 5.41) is 21.2. The van der Waals surface area contributed by atoms with Crippen LogP contribution in [0.15, 0.2) is 36.4 Å². The maximum atomic E-state index is 13.4. The highest BCUT2D eigenvalue weighted by atomic mass is 35.5. The van der Waals surface area contributed by atoms with E-state index in [1.54, 1.807) is 25.1 Å². The number of halogens is 2. The second-order valence-electron chi connectivity index (χ2n) is 8.63. The number of aromatic nitrogens is 1. The van der Waals surface area contributed by atoms with Crippen LogP contribution in [0.3, 0.4) is 0 Å². The number of hydrogen-bond acceptors (Lipinski definition) is 3. The van der Waals surface area contributed by atoms with Gasteiger partial charge in [-0.05, 0) is 60.7 Å². The van der Waals surface area contributed by atoms with Crippen LogP contribution in [-0.4, -0.2) is 26.7 Å². The van der Waals surface area contributed by atoms with E-state index in [0.717, 1.165) is 0 Å². The zero-order chi connectivity index (χ0) is 22.4. The van der Waals surface area contributed by atoms with Crippen molar-refractivity contribution in [1.29, 1.82) is 0 Å². The Morgan fingerprint density at radius 1 is 1.07 bits per heavy atom. The molecule has 3 rings (SSSR count). The molecule has 1 aromatic heterocycles. The number of phenolic OH excluding ortho intramolecular Hbond substituents is 1. The lowest BCUT2D eigenvalue weighted by atomic mass is 9.80. The SMILES string of the molecule is Cc1c(C(CC(C)(C)C)C(=O)O)c2cc(O)ccc2n1C(=O)c1ccc(Cl)c(Cl)c1. The van der Waals surface area contributed by atoms with Crippen molar-refractivity contribution in [3.63, 3.8) is 0 Å². The highest BCUT2D eigenvalue weighted by Gasteiger charge is 2.32. The first kappa shape index (κ1) is 22.2. The number of fused-ring (bicyclic) bond motifs is 1. The van der Waals surface area contributed by atoms with Gasteiger partial charge in [0.25, 0.3) is 5.91 Å². The molecule has 0 aliphatic heterocycles. The third-order valence-corrected chi connectivity index (χ3v) is 5.81. The molecule has 7 heteroatoms. The minimum atomic E-state index is -0.975. The van der Waals surface area contributed by atoms with Crippen molar-refractivity contribution < 1.29 is 19.8 Å². The van der Waals surface area contributed by atoms with Crippen LogP contribution < -0.4 is 0 Å². The van der Waals surface area contributed by atoms with Gasteiger partial charge in [-0.2, -0.15) is 0 Å². The number of aliphatic carboxylic acids is 1. The van der Waals surface area contributed by atoms with Gasteiger partial charge < -0.3 is 10.2 Å². The number of phenols is 1. The van der Waals surface area contributed by atoms with Crippen molar-refractivity contribution in [1.82, 2.24) is 4.57 Å². The average molecular weight is 448 g/mol. The van der Waals surface area contributed by atoms with Gasteiger partial charge in [-0.3, -0.25) is 14.2 Å². The quantitative estimate of drug-likeness (QED) is 0.494. The van der Waals surface area contributed by atoms with E-state index in [2.05, 4.69) is 0 Å². The summed E-state index contributed by atoms with van der Waals surface area (Å²) >= 11 is 12.1. The highest BCUT2D eigenvalue weighted by molar-refractivity contribution is 6.42. The molecule has 0 amide bonds. The van der Waals surface area contributed by atoms with Gasteiger partial charge in [0.1, 0.15) is 5.75 Å². The number of carbonyl (C=O) groups is 2. The first-order valence-electron chi connectivity index (χ1n) is 9.47. The fourth-order valence-electron chi connectivity index (χ4n) is 3.82. The van der Waals surface area contributed by atoms with Gasteiger partial charge in [0.05, 0.1) is 21.5 Å². The number of nitrogens with zero attached hydrogens (tertiary/aromatic N) is 1. The Morgan fingerprint density at radius 3 is 2.30 bits per heavy atom. The summed E-state index contributed by atoms with van der Waals surface area (Å²) in [5.74, 6) is -2.16. The van der Waals surface area contributed by atoms with Gasteiger partial charge in [-0.25, -0.2) is 0 Å². The molecule has 0 spiro atoms. The summed E-state index contributed by atoms with van der Waals surface area (Å²) < 4.78 is 1.47. The maximum Gasteiger partial charge on any atom is 0.311 e. The van der Waals surface area contributed by atoms with E-state index >= 15 is 0 Å². The molecule has 1 unspecified atom stereocenters. The Labute approximate surface area is 184 Å². The first-order valence-corrected chi connectivity index (χ1v) is 10.2. The van der Waals surface area contributed by atoms with E-state index < -0.39 is 11.9 Å². The number of carboxylic acids is 1. The molecule has 0 aliphatic rings. The van der Waals surface area contributed by atoms with E-state index in [-0.39, 0.29) is 22.1 Å². The van der Waals surface area contributed by atoms with Crippen molar-refractivity contribution in [3.8, 4) is 5.75 Å². The van der Waals surface area contributed by atoms with Gasteiger partial charge >= 0.3 is 5.97 Å². The molecule has 1 atom stereocenters. The Hall–Kier alpha value is -2.50. The van der Waals surface area contributed by atoms with Crippen LogP contribution in [0.1, 0.15) is 54.7 Å². The predicted octanol–water partition coefficient (Wildman–Crippen LogP) is 6.26. The molecule has 0 aliphatic carbocycles. The normalized spacial score (nSPS) is 12.9. The Morgan fingerprint density at radius 2 is 1.73 bits per heavy atom. The summed E-state index contributed by atoms with van der Waals surface area (Å²) in [5.41, 5.74) is 1.64. The molecule has 2 aromatic carbocycles. The lowest BCUT2D eigenvalue weighted by Gasteiger charge is -2.24. The van der Waals surface area contributed by atoms with Gasteiger partial charge in [0.15, 0.2) is 0 Å². The number of carboxylic acid groups (broad SMARTS) is 1. The van der Waals surface area contributed by atoms with E-state index in [4.69, 9.17) is 23.2 Å². The molecule has 0 radical (unpaired) electrons. The molecule has 0 bridgehead atoms. The van der Waals surface area contributed by atoms with Crippen molar-refractivity contribution in [2.45, 2.75) is 40.0 Å². The lowest BCUT2D eigenvalue weighted by molar-refractivity contribution is -0.139. The number of carbonyl (C=O) groups excluding carboxylic acids is 1. The zero-order valence-corrected chi connectivity index (χ0v) is 18.7. The zero-order valence-electron chi connectivity index (χ0n) is 17.2. The van der Waals surface area contributed by atoms with Gasteiger partial charge in [-0.1, -0.05) is 44.0 Å². The van der Waals surface area contributed by atoms with Crippen LogP contribution in [0.25, 0.3) is 10.9 Å². The van der Waals surface area contributed by atoms with Crippen LogP contribution in [-0.2, 0) is 4.79 Å². The molecule has 5 nitrogen and oxygen atoms in total. The minimum absolute atomic E-state index is 0.00258. The maximum absolute atomic E-state index is 13.4.